The summed E-state index contributed by atoms with van der Waals surface area (Å²) in [6.45, 7) is 0. The van der Waals surface area contributed by atoms with E-state index in [9.17, 15) is 4.79 Å². The first-order valence-corrected chi connectivity index (χ1v) is 6.45. The number of hydrogen-bond donors (Lipinski definition) is 1. The first kappa shape index (κ1) is 12.0. The van der Waals surface area contributed by atoms with Gasteiger partial charge >= 0.3 is 0 Å². The summed E-state index contributed by atoms with van der Waals surface area (Å²) in [6, 6.07) is 7.06. The number of benzene rings is 1. The topological polar surface area (TPSA) is 50.7 Å². The van der Waals surface area contributed by atoms with Crippen LogP contribution in [0.3, 0.4) is 0 Å². The Balaban J connectivity index is 1.64. The summed E-state index contributed by atoms with van der Waals surface area (Å²) < 4.78 is 5.10. The molecule has 1 aromatic rings. The molecule has 4 nitrogen and oxygen atoms in total. The van der Waals surface area contributed by atoms with Crippen molar-refractivity contribution in [3.05, 3.63) is 42.0 Å². The van der Waals surface area contributed by atoms with Crippen LogP contribution in [0.5, 0.6) is 5.75 Å². The summed E-state index contributed by atoms with van der Waals surface area (Å²) in [5.41, 5.74) is 4.29. The molecule has 3 rings (SSSR count). The lowest BCUT2D eigenvalue weighted by Crippen LogP contribution is -2.35. The fourth-order valence-electron chi connectivity index (χ4n) is 2.61. The minimum absolute atomic E-state index is 0.194. The molecular formula is C15H16N2O2. The Kier molecular flexibility index (Phi) is 3.07. The monoisotopic (exact) mass is 256 g/mol. The van der Waals surface area contributed by atoms with Crippen LogP contribution in [0.25, 0.3) is 0 Å². The van der Waals surface area contributed by atoms with E-state index in [4.69, 9.17) is 4.74 Å². The van der Waals surface area contributed by atoms with Crippen LogP contribution >= 0.6 is 0 Å². The van der Waals surface area contributed by atoms with Crippen LogP contribution in [-0.4, -0.2) is 18.7 Å². The largest absolute Gasteiger partial charge is 0.497 e. The van der Waals surface area contributed by atoms with Gasteiger partial charge in [-0.15, -0.1) is 0 Å². The van der Waals surface area contributed by atoms with Crippen molar-refractivity contribution in [2.75, 3.05) is 7.11 Å². The van der Waals surface area contributed by atoms with Gasteiger partial charge in [0.15, 0.2) is 0 Å². The number of hydrazone groups is 1. The molecule has 4 heteroatoms. The maximum atomic E-state index is 12.0. The summed E-state index contributed by atoms with van der Waals surface area (Å²) >= 11 is 0. The van der Waals surface area contributed by atoms with Crippen molar-refractivity contribution in [1.29, 1.82) is 0 Å². The van der Waals surface area contributed by atoms with E-state index < -0.39 is 0 Å². The average molecular weight is 256 g/mol. The molecule has 0 saturated heterocycles. The maximum Gasteiger partial charge on any atom is 0.271 e. The summed E-state index contributed by atoms with van der Waals surface area (Å²) in [7, 11) is 1.58. The molecule has 1 N–H and O–H groups in total. The van der Waals surface area contributed by atoms with E-state index in [0.29, 0.717) is 23.1 Å². The second-order valence-corrected chi connectivity index (χ2v) is 4.91. The summed E-state index contributed by atoms with van der Waals surface area (Å²) in [5, 5.41) is 4.24. The number of amides is 1. The van der Waals surface area contributed by atoms with Crippen LogP contribution in [0.15, 0.2) is 41.5 Å². The molecule has 2 aliphatic carbocycles. The Hall–Kier alpha value is -2.10. The van der Waals surface area contributed by atoms with Crippen LogP contribution in [0.4, 0.5) is 0 Å². The molecule has 2 aliphatic rings. The van der Waals surface area contributed by atoms with Gasteiger partial charge in [-0.25, -0.2) is 5.43 Å². The van der Waals surface area contributed by atoms with E-state index in [1.807, 2.05) is 6.07 Å². The quantitative estimate of drug-likeness (QED) is 0.666. The van der Waals surface area contributed by atoms with Gasteiger partial charge in [0.25, 0.3) is 5.91 Å². The van der Waals surface area contributed by atoms with Crippen molar-refractivity contribution < 1.29 is 9.53 Å². The van der Waals surface area contributed by atoms with Gasteiger partial charge in [-0.2, -0.15) is 5.10 Å². The van der Waals surface area contributed by atoms with Gasteiger partial charge in [0.2, 0.25) is 0 Å². The molecule has 2 atom stereocenters. The second kappa shape index (κ2) is 4.88. The van der Waals surface area contributed by atoms with E-state index in [1.165, 1.54) is 0 Å². The standard InChI is InChI=1S/C15H16N2O2/c1-19-12-6-2-5-11(8-12)15(18)17-16-14-9-10-4-3-7-13(10)14/h2-6,8,10,13H,7,9H2,1H3,(H,17,18). The van der Waals surface area contributed by atoms with E-state index in [-0.39, 0.29) is 5.91 Å². The third-order valence-corrected chi connectivity index (χ3v) is 3.80. The molecule has 1 aromatic carbocycles. The number of nitrogens with one attached hydrogen (secondary N) is 1. The van der Waals surface area contributed by atoms with Crippen LogP contribution in [-0.2, 0) is 0 Å². The number of nitrogens with zero attached hydrogens (tertiary/aromatic N) is 1. The number of carbonyl (C=O) groups is 1. The van der Waals surface area contributed by atoms with Crippen molar-refractivity contribution in [2.45, 2.75) is 12.8 Å². The molecule has 0 aromatic heterocycles. The van der Waals surface area contributed by atoms with E-state index >= 15 is 0 Å². The first-order chi connectivity index (χ1) is 9.28. The maximum absolute atomic E-state index is 12.0. The Morgan fingerprint density at radius 2 is 2.37 bits per heavy atom. The number of ether oxygens (including phenoxy) is 1. The van der Waals surface area contributed by atoms with Crippen LogP contribution < -0.4 is 10.2 Å². The molecule has 2 unspecified atom stereocenters. The number of methoxy groups -OCH3 is 1. The van der Waals surface area contributed by atoms with Crippen molar-refractivity contribution in [2.24, 2.45) is 16.9 Å². The van der Waals surface area contributed by atoms with Gasteiger partial charge in [0.1, 0.15) is 5.75 Å². The van der Waals surface area contributed by atoms with Gasteiger partial charge in [-0.05, 0) is 37.0 Å². The van der Waals surface area contributed by atoms with Crippen molar-refractivity contribution >= 4 is 11.6 Å². The number of rotatable bonds is 3. The highest BCUT2D eigenvalue weighted by molar-refractivity contribution is 5.98. The van der Waals surface area contributed by atoms with E-state index in [1.54, 1.807) is 25.3 Å². The normalized spacial score (nSPS) is 25.8. The Morgan fingerprint density at radius 1 is 1.47 bits per heavy atom. The van der Waals surface area contributed by atoms with E-state index in [2.05, 4.69) is 22.7 Å². The molecule has 1 amide bonds. The summed E-state index contributed by atoms with van der Waals surface area (Å²) in [4.78, 5) is 12.0. The lowest BCUT2D eigenvalue weighted by atomic mass is 9.74. The highest BCUT2D eigenvalue weighted by Gasteiger charge is 2.37. The van der Waals surface area contributed by atoms with Gasteiger partial charge in [-0.1, -0.05) is 18.2 Å². The van der Waals surface area contributed by atoms with Crippen LogP contribution in [0.1, 0.15) is 23.2 Å². The van der Waals surface area contributed by atoms with Gasteiger partial charge < -0.3 is 4.74 Å². The zero-order valence-electron chi connectivity index (χ0n) is 10.8. The first-order valence-electron chi connectivity index (χ1n) is 6.45. The fourth-order valence-corrected chi connectivity index (χ4v) is 2.61. The lowest BCUT2D eigenvalue weighted by molar-refractivity contribution is 0.0953. The third kappa shape index (κ3) is 2.26. The lowest BCUT2D eigenvalue weighted by Gasteiger charge is -2.31. The highest BCUT2D eigenvalue weighted by Crippen LogP contribution is 2.40. The fraction of sp³-hybridized carbons (Fsp3) is 0.333. The average Bonchev–Trinajstić information content (AvgIpc) is 2.80. The smallest absolute Gasteiger partial charge is 0.271 e. The third-order valence-electron chi connectivity index (χ3n) is 3.80. The van der Waals surface area contributed by atoms with Crippen molar-refractivity contribution in [1.82, 2.24) is 5.43 Å². The molecule has 19 heavy (non-hydrogen) atoms. The van der Waals surface area contributed by atoms with Gasteiger partial charge in [0, 0.05) is 17.2 Å². The molecule has 0 radical (unpaired) electrons. The van der Waals surface area contributed by atoms with E-state index in [0.717, 1.165) is 18.6 Å². The molecule has 98 valence electrons. The number of fused-ring (bicyclic) bond motifs is 1. The molecule has 0 spiro atoms. The Labute approximate surface area is 112 Å². The predicted octanol–water partition coefficient (Wildman–Crippen LogP) is 2.38. The highest BCUT2D eigenvalue weighted by atomic mass is 16.5. The minimum Gasteiger partial charge on any atom is -0.497 e. The number of carbonyl (C=O) groups excluding carboxylic acids is 1. The molecule has 0 bridgehead atoms. The summed E-state index contributed by atoms with van der Waals surface area (Å²) in [5.74, 6) is 1.64. The van der Waals surface area contributed by atoms with Crippen molar-refractivity contribution in [3.8, 4) is 5.75 Å². The van der Waals surface area contributed by atoms with Gasteiger partial charge in [0.05, 0.1) is 7.11 Å². The molecular weight excluding hydrogens is 240 g/mol. The Morgan fingerprint density at radius 3 is 3.16 bits per heavy atom. The number of hydrogen-bond acceptors (Lipinski definition) is 3. The Bertz CT molecular complexity index is 563. The van der Waals surface area contributed by atoms with Crippen LogP contribution in [0.2, 0.25) is 0 Å². The zero-order valence-corrected chi connectivity index (χ0v) is 10.8. The molecule has 1 saturated carbocycles. The van der Waals surface area contributed by atoms with Crippen LogP contribution in [0, 0.1) is 11.8 Å². The molecule has 0 heterocycles. The SMILES string of the molecule is COc1cccc(C(=O)NN=C2CC3C=CCC23)c1. The molecule has 0 aliphatic heterocycles. The van der Waals surface area contributed by atoms with Gasteiger partial charge in [-0.3, -0.25) is 4.79 Å². The van der Waals surface area contributed by atoms with Crippen molar-refractivity contribution in [3.63, 3.8) is 0 Å². The predicted molar refractivity (Wildman–Crippen MR) is 73.2 cm³/mol. The zero-order chi connectivity index (χ0) is 13.2. The number of allylic oxidation sites excluding steroid dienone is 2. The minimum atomic E-state index is -0.194. The second-order valence-electron chi connectivity index (χ2n) is 4.91. The molecule has 1 fully saturated rings. The summed E-state index contributed by atoms with van der Waals surface area (Å²) in [6.07, 6.45) is 6.47.